The van der Waals surface area contributed by atoms with Crippen molar-refractivity contribution in [2.45, 2.75) is 31.4 Å². The van der Waals surface area contributed by atoms with Gasteiger partial charge in [-0.3, -0.25) is 9.00 Å². The molecule has 2 aromatic carbocycles. The van der Waals surface area contributed by atoms with Crippen LogP contribution in [0.5, 0.6) is 5.75 Å². The van der Waals surface area contributed by atoms with Crippen LogP contribution in [0.3, 0.4) is 0 Å². The summed E-state index contributed by atoms with van der Waals surface area (Å²) in [6, 6.07) is 13.8. The summed E-state index contributed by atoms with van der Waals surface area (Å²) in [4.78, 5) is 25.0. The molecule has 0 spiro atoms. The number of carbonyl (C=O) groups excluding carboxylic acids is 2. The Hall–Kier alpha value is -2.67. The van der Waals surface area contributed by atoms with Crippen LogP contribution in [0.2, 0.25) is 0 Å². The van der Waals surface area contributed by atoms with Gasteiger partial charge in [-0.15, -0.1) is 0 Å². The smallest absolute Gasteiger partial charge is 0.340 e. The first kappa shape index (κ1) is 20.6. The van der Waals surface area contributed by atoms with E-state index in [1.165, 1.54) is 6.92 Å². The van der Waals surface area contributed by atoms with Crippen LogP contribution in [-0.4, -0.2) is 35.1 Å². The molecule has 0 aliphatic rings. The van der Waals surface area contributed by atoms with E-state index in [-0.39, 0.29) is 5.56 Å². The van der Waals surface area contributed by atoms with Gasteiger partial charge in [0, 0.05) is 12.3 Å². The quantitative estimate of drug-likeness (QED) is 0.702. The molecule has 0 fully saturated rings. The van der Waals surface area contributed by atoms with Gasteiger partial charge in [0.25, 0.3) is 5.91 Å². The number of rotatable bonds is 8. The number of carbonyl (C=O) groups is 2. The molecule has 2 rings (SSSR count). The lowest BCUT2D eigenvalue weighted by atomic mass is 10.2. The molecule has 1 amide bonds. The molecule has 0 aliphatic heterocycles. The van der Waals surface area contributed by atoms with Crippen LogP contribution >= 0.6 is 0 Å². The van der Waals surface area contributed by atoms with Crippen molar-refractivity contribution in [3.63, 3.8) is 0 Å². The summed E-state index contributed by atoms with van der Waals surface area (Å²) >= 11 is 0. The van der Waals surface area contributed by atoms with E-state index in [1.807, 2.05) is 12.1 Å². The molecule has 0 heterocycles. The maximum atomic E-state index is 12.4. The van der Waals surface area contributed by atoms with Crippen LogP contribution in [0, 0.1) is 0 Å². The highest BCUT2D eigenvalue weighted by Crippen LogP contribution is 2.16. The number of benzene rings is 2. The average Bonchev–Trinajstić information content (AvgIpc) is 2.71. The molecule has 0 saturated carbocycles. The lowest BCUT2D eigenvalue weighted by Gasteiger charge is -2.15. The molecule has 0 bridgehead atoms. The first-order valence-electron chi connectivity index (χ1n) is 8.55. The maximum Gasteiger partial charge on any atom is 0.340 e. The van der Waals surface area contributed by atoms with Gasteiger partial charge in [0.05, 0.1) is 28.4 Å². The lowest BCUT2D eigenvalue weighted by molar-refractivity contribution is -0.129. The largest absolute Gasteiger partial charge is 0.497 e. The molecule has 1 N–H and O–H groups in total. The minimum absolute atomic E-state index is 0.215. The number of hydrogen-bond donors (Lipinski definition) is 1. The third-order valence-corrected chi connectivity index (χ3v) is 5.26. The molecule has 0 unspecified atom stereocenters. The number of amides is 1. The normalized spacial score (nSPS) is 12.7. The van der Waals surface area contributed by atoms with E-state index < -0.39 is 28.8 Å². The zero-order valence-corrected chi connectivity index (χ0v) is 16.4. The second kappa shape index (κ2) is 9.87. The molecule has 7 heteroatoms. The van der Waals surface area contributed by atoms with Crippen molar-refractivity contribution in [2.24, 2.45) is 0 Å². The van der Waals surface area contributed by atoms with E-state index in [4.69, 9.17) is 9.47 Å². The van der Waals surface area contributed by atoms with E-state index in [1.54, 1.807) is 50.4 Å². The first-order valence-corrected chi connectivity index (χ1v) is 9.87. The highest BCUT2D eigenvalue weighted by Gasteiger charge is 2.22. The molecule has 0 aliphatic carbocycles. The molecule has 2 aromatic rings. The summed E-state index contributed by atoms with van der Waals surface area (Å²) in [5, 5.41) is 2.72. The predicted molar refractivity (Wildman–Crippen MR) is 103 cm³/mol. The fraction of sp³-hybridized carbons (Fsp3) is 0.300. The molecule has 0 radical (unpaired) electrons. The Labute approximate surface area is 161 Å². The van der Waals surface area contributed by atoms with Crippen LogP contribution in [0.4, 0.5) is 0 Å². The fourth-order valence-electron chi connectivity index (χ4n) is 2.34. The number of hydrogen-bond acceptors (Lipinski definition) is 5. The molecular weight excluding hydrogens is 366 g/mol. The van der Waals surface area contributed by atoms with E-state index in [0.29, 0.717) is 17.2 Å². The van der Waals surface area contributed by atoms with Crippen molar-refractivity contribution in [2.75, 3.05) is 12.9 Å². The van der Waals surface area contributed by atoms with Crippen molar-refractivity contribution in [3.8, 4) is 5.75 Å². The van der Waals surface area contributed by atoms with Crippen molar-refractivity contribution in [1.82, 2.24) is 5.32 Å². The van der Waals surface area contributed by atoms with Crippen molar-refractivity contribution in [3.05, 3.63) is 59.7 Å². The third kappa shape index (κ3) is 5.65. The molecule has 6 nitrogen and oxygen atoms in total. The lowest BCUT2D eigenvalue weighted by Crippen LogP contribution is -2.35. The Morgan fingerprint density at radius 3 is 2.41 bits per heavy atom. The Morgan fingerprint density at radius 2 is 1.78 bits per heavy atom. The van der Waals surface area contributed by atoms with Gasteiger partial charge < -0.3 is 14.8 Å². The second-order valence-electron chi connectivity index (χ2n) is 5.74. The van der Waals surface area contributed by atoms with Crippen molar-refractivity contribution >= 4 is 22.7 Å². The summed E-state index contributed by atoms with van der Waals surface area (Å²) in [5.74, 6) is 0.0469. The number of esters is 1. The summed E-state index contributed by atoms with van der Waals surface area (Å²) in [7, 11) is 0.294. The third-order valence-electron chi connectivity index (χ3n) is 3.89. The molecule has 0 aromatic heterocycles. The molecule has 2 atom stereocenters. The van der Waals surface area contributed by atoms with Crippen molar-refractivity contribution < 1.29 is 23.3 Å². The van der Waals surface area contributed by atoms with Gasteiger partial charge in [0.1, 0.15) is 5.75 Å². The van der Waals surface area contributed by atoms with Gasteiger partial charge in [0.2, 0.25) is 0 Å². The minimum atomic E-state index is -1.29. The Balaban J connectivity index is 1.95. The van der Waals surface area contributed by atoms with Crippen LogP contribution < -0.4 is 10.1 Å². The predicted octanol–water partition coefficient (Wildman–Crippen LogP) is 2.68. The molecular formula is C20H23NO5S. The SMILES string of the molecule is CC[S@](=O)c1ccccc1C(=O)O[C@H](C)C(=O)NCc1ccc(OC)cc1. The standard InChI is InChI=1S/C20H23NO5S/c1-4-27(24)18-8-6-5-7-17(18)20(23)26-14(2)19(22)21-13-15-9-11-16(25-3)12-10-15/h5-12,14H,4,13H2,1-3H3,(H,21,22)/t14-,27+/m1/s1. The van der Waals surface area contributed by atoms with Crippen LogP contribution in [0.1, 0.15) is 29.8 Å². The Kier molecular flexibility index (Phi) is 7.55. The van der Waals surface area contributed by atoms with Gasteiger partial charge in [-0.05, 0) is 36.8 Å². The zero-order chi connectivity index (χ0) is 19.8. The highest BCUT2D eigenvalue weighted by molar-refractivity contribution is 7.85. The van der Waals surface area contributed by atoms with E-state index in [2.05, 4.69) is 5.32 Å². The maximum absolute atomic E-state index is 12.4. The molecule has 27 heavy (non-hydrogen) atoms. The monoisotopic (exact) mass is 389 g/mol. The summed E-state index contributed by atoms with van der Waals surface area (Å²) < 4.78 is 22.4. The Bertz CT molecular complexity index is 819. The van der Waals surface area contributed by atoms with E-state index >= 15 is 0 Å². The number of ether oxygens (including phenoxy) is 2. The van der Waals surface area contributed by atoms with Gasteiger partial charge in [-0.2, -0.15) is 0 Å². The molecule has 144 valence electrons. The summed E-state index contributed by atoms with van der Waals surface area (Å²) in [6.45, 7) is 3.58. The fourth-order valence-corrected chi connectivity index (χ4v) is 3.28. The topological polar surface area (TPSA) is 81.7 Å². The van der Waals surface area contributed by atoms with Crippen LogP contribution in [-0.2, 0) is 26.9 Å². The van der Waals surface area contributed by atoms with E-state index in [0.717, 1.165) is 11.3 Å². The van der Waals surface area contributed by atoms with Gasteiger partial charge in [-0.1, -0.05) is 31.2 Å². The first-order chi connectivity index (χ1) is 13.0. The molecule has 0 saturated heterocycles. The summed E-state index contributed by atoms with van der Waals surface area (Å²) in [6.07, 6.45) is -0.973. The summed E-state index contributed by atoms with van der Waals surface area (Å²) in [5.41, 5.74) is 1.11. The Morgan fingerprint density at radius 1 is 1.11 bits per heavy atom. The van der Waals surface area contributed by atoms with Crippen LogP contribution in [0.15, 0.2) is 53.4 Å². The van der Waals surface area contributed by atoms with Crippen molar-refractivity contribution in [1.29, 1.82) is 0 Å². The second-order valence-corrected chi connectivity index (χ2v) is 7.45. The minimum Gasteiger partial charge on any atom is -0.497 e. The average molecular weight is 389 g/mol. The van der Waals surface area contributed by atoms with Crippen LogP contribution in [0.25, 0.3) is 0 Å². The van der Waals surface area contributed by atoms with Gasteiger partial charge in [-0.25, -0.2) is 4.79 Å². The van der Waals surface area contributed by atoms with E-state index in [9.17, 15) is 13.8 Å². The number of methoxy groups -OCH3 is 1. The highest BCUT2D eigenvalue weighted by atomic mass is 32.2. The number of nitrogens with one attached hydrogen (secondary N) is 1. The zero-order valence-electron chi connectivity index (χ0n) is 15.6. The van der Waals surface area contributed by atoms with Gasteiger partial charge in [0.15, 0.2) is 6.10 Å². The van der Waals surface area contributed by atoms with Gasteiger partial charge >= 0.3 is 5.97 Å².